The molecule has 0 spiro atoms. The fourth-order valence-electron chi connectivity index (χ4n) is 6.10. The predicted octanol–water partition coefficient (Wildman–Crippen LogP) is 7.94. The molecule has 5 N–H and O–H groups in total. The first kappa shape index (κ1) is 41.4. The number of alkyl halides is 2. The van der Waals surface area contributed by atoms with Crippen molar-refractivity contribution in [2.75, 3.05) is 28.1 Å². The quantitative estimate of drug-likeness (QED) is 0.134. The molecule has 0 saturated heterocycles. The number of carbonyl (C=O) groups excluding carboxylic acids is 2. The number of allylic oxidation sites excluding steroid dienone is 2. The third-order valence-corrected chi connectivity index (χ3v) is 10.8. The number of carbonyl (C=O) groups is 3. The smallest absolute Gasteiger partial charge is 0.376 e. The number of anilines is 3. The molecular weight excluding hydrogens is 715 g/mol. The largest absolute Gasteiger partial charge is 0.477 e. The minimum atomic E-state index is -4.10. The Hall–Kier alpha value is -5.40. The maximum Gasteiger partial charge on any atom is 0.376 e. The number of hydrogen-bond donors (Lipinski definition) is 3. The summed E-state index contributed by atoms with van der Waals surface area (Å²) in [6.45, 7) is 5.56. The van der Waals surface area contributed by atoms with Crippen LogP contribution < -0.4 is 19.8 Å². The van der Waals surface area contributed by atoms with E-state index in [-0.39, 0.29) is 23.0 Å². The summed E-state index contributed by atoms with van der Waals surface area (Å²) >= 11 is 0. The Bertz CT molecular complexity index is 1980. The normalized spacial score (nSPS) is 14.9. The van der Waals surface area contributed by atoms with E-state index in [0.29, 0.717) is 27.8 Å². The van der Waals surface area contributed by atoms with Gasteiger partial charge in [0.2, 0.25) is 0 Å². The number of carboxylic acid groups (broad SMARTS) is 1. The van der Waals surface area contributed by atoms with Gasteiger partial charge in [0, 0.05) is 29.7 Å². The van der Waals surface area contributed by atoms with Crippen molar-refractivity contribution in [3.63, 3.8) is 0 Å². The maximum absolute atomic E-state index is 14.0. The molecule has 286 valence electrons. The van der Waals surface area contributed by atoms with Crippen LogP contribution in [0.15, 0.2) is 114 Å². The fourth-order valence-corrected chi connectivity index (χ4v) is 7.15. The number of urea groups is 1. The van der Waals surface area contributed by atoms with Gasteiger partial charge in [-0.3, -0.25) is 14.0 Å². The molecular formula is C41H46F2N4O6S. The zero-order valence-electron chi connectivity index (χ0n) is 30.6. The monoisotopic (exact) mass is 760 g/mol. The van der Waals surface area contributed by atoms with Crippen molar-refractivity contribution in [1.82, 2.24) is 5.32 Å². The van der Waals surface area contributed by atoms with Gasteiger partial charge in [0.1, 0.15) is 0 Å². The minimum Gasteiger partial charge on any atom is -0.477 e. The predicted molar refractivity (Wildman–Crippen MR) is 209 cm³/mol. The molecule has 1 aliphatic carbocycles. The molecule has 0 aromatic heterocycles. The lowest BCUT2D eigenvalue weighted by atomic mass is 9.72. The molecule has 0 bridgehead atoms. The summed E-state index contributed by atoms with van der Waals surface area (Å²) < 4.78 is 42.1. The van der Waals surface area contributed by atoms with Crippen molar-refractivity contribution in [3.05, 3.63) is 126 Å². The van der Waals surface area contributed by atoms with Gasteiger partial charge in [-0.05, 0) is 102 Å². The molecule has 0 aliphatic heterocycles. The second kappa shape index (κ2) is 17.6. The van der Waals surface area contributed by atoms with E-state index in [1.54, 1.807) is 47.8 Å². The van der Waals surface area contributed by atoms with Crippen LogP contribution in [0.5, 0.6) is 0 Å². The Balaban J connectivity index is 0.00000650. The zero-order chi connectivity index (χ0) is 38.3. The van der Waals surface area contributed by atoms with Crippen molar-refractivity contribution >= 4 is 51.5 Å². The number of rotatable bonds is 12. The van der Waals surface area contributed by atoms with E-state index in [2.05, 4.69) is 32.2 Å². The topological polar surface area (TPSA) is 151 Å². The van der Waals surface area contributed by atoms with E-state index in [9.17, 15) is 27.4 Å². The highest BCUT2D eigenvalue weighted by Gasteiger charge is 2.39. The number of hydrogen-bond acceptors (Lipinski definition) is 4. The van der Waals surface area contributed by atoms with Crippen molar-refractivity contribution < 1.29 is 38.0 Å². The van der Waals surface area contributed by atoms with Crippen LogP contribution in [0.1, 0.15) is 61.5 Å². The number of amides is 3. The molecule has 3 amide bonds. The van der Waals surface area contributed by atoms with Crippen LogP contribution >= 0.6 is 0 Å². The molecule has 2 atom stereocenters. The van der Waals surface area contributed by atoms with Gasteiger partial charge < -0.3 is 21.2 Å². The van der Waals surface area contributed by atoms with E-state index >= 15 is 0 Å². The summed E-state index contributed by atoms with van der Waals surface area (Å²) in [5.74, 6) is -6.68. The van der Waals surface area contributed by atoms with Gasteiger partial charge in [-0.2, -0.15) is 8.78 Å². The lowest BCUT2D eigenvalue weighted by Crippen LogP contribution is -2.42. The molecule has 54 heavy (non-hydrogen) atoms. The number of para-hydroxylation sites is 1. The highest BCUT2D eigenvalue weighted by atomic mass is 32.2. The van der Waals surface area contributed by atoms with Gasteiger partial charge in [-0.25, -0.2) is 13.8 Å². The van der Waals surface area contributed by atoms with E-state index in [1.807, 2.05) is 59.9 Å². The van der Waals surface area contributed by atoms with Crippen molar-refractivity contribution in [2.45, 2.75) is 57.4 Å². The van der Waals surface area contributed by atoms with Gasteiger partial charge in [0.15, 0.2) is 11.0 Å². The molecule has 13 heteroatoms. The van der Waals surface area contributed by atoms with Gasteiger partial charge >= 0.3 is 17.9 Å². The van der Waals surface area contributed by atoms with E-state index < -0.39 is 41.4 Å². The molecule has 1 aliphatic rings. The summed E-state index contributed by atoms with van der Waals surface area (Å²) in [5.41, 5.74) is 5.11. The number of benzene rings is 4. The summed E-state index contributed by atoms with van der Waals surface area (Å²) in [6.07, 6.45) is 5.39. The molecule has 10 nitrogen and oxygen atoms in total. The first-order valence-corrected chi connectivity index (χ1v) is 18.4. The SMILES string of the molecule is CN(c1ccccc1)S(=O)c1cccc(NC(=O)N(Cc2ccc(C(=O)NCC(F)(F)C(=O)O)cc2)c2ccc(C3=CCC(C(C)(C)C)CC3)cc2)c1.O. The van der Waals surface area contributed by atoms with Gasteiger partial charge in [-0.15, -0.1) is 0 Å². The van der Waals surface area contributed by atoms with Gasteiger partial charge in [-0.1, -0.05) is 75.4 Å². The molecule has 0 heterocycles. The zero-order valence-corrected chi connectivity index (χ0v) is 31.5. The molecule has 5 rings (SSSR count). The Morgan fingerprint density at radius 2 is 1.56 bits per heavy atom. The average molecular weight is 761 g/mol. The number of carboxylic acids is 1. The Morgan fingerprint density at radius 3 is 2.15 bits per heavy atom. The molecule has 0 saturated carbocycles. The average Bonchev–Trinajstić information content (AvgIpc) is 3.16. The summed E-state index contributed by atoms with van der Waals surface area (Å²) in [7, 11) is 0.180. The molecule has 0 radical (unpaired) electrons. The maximum atomic E-state index is 14.0. The fraction of sp³-hybridized carbons (Fsp3) is 0.293. The molecule has 0 fully saturated rings. The summed E-state index contributed by atoms with van der Waals surface area (Å²) in [4.78, 5) is 39.2. The number of nitrogens with zero attached hydrogens (tertiary/aromatic N) is 2. The first-order chi connectivity index (χ1) is 25.1. The van der Waals surface area contributed by atoms with E-state index in [1.165, 1.54) is 22.6 Å². The Morgan fingerprint density at radius 1 is 0.889 bits per heavy atom. The molecule has 4 aromatic rings. The Labute approximate surface area is 316 Å². The van der Waals surface area contributed by atoms with Crippen LogP contribution in [0, 0.1) is 11.3 Å². The third-order valence-electron chi connectivity index (χ3n) is 9.43. The standard InChI is InChI=1S/C41H44F2N4O5S.H2O/c1-40(2,3)32-21-17-29(18-22-32)30-19-23-35(24-20-30)47(26-28-13-15-31(16-14-28)37(48)44-27-41(42,43)38(49)50)39(51)45-33-9-8-12-36(25-33)53(52)46(4)34-10-6-5-7-11-34;/h5-17,19-20,23-25,32H,18,21-22,26-27H2,1-4H3,(H,44,48)(H,45,51)(H,49,50);1H2. The Kier molecular flexibility index (Phi) is 13.5. The number of nitrogens with one attached hydrogen (secondary N) is 2. The van der Waals surface area contributed by atoms with Crippen LogP contribution in [0.3, 0.4) is 0 Å². The lowest BCUT2D eigenvalue weighted by molar-refractivity contribution is -0.163. The first-order valence-electron chi connectivity index (χ1n) is 17.3. The number of aliphatic carboxylic acids is 1. The molecule has 4 aromatic carbocycles. The third kappa shape index (κ3) is 10.4. The van der Waals surface area contributed by atoms with Crippen LogP contribution in [0.4, 0.5) is 30.6 Å². The second-order valence-electron chi connectivity index (χ2n) is 14.1. The molecule has 2 unspecified atom stereocenters. The summed E-state index contributed by atoms with van der Waals surface area (Å²) in [5, 5.41) is 13.5. The van der Waals surface area contributed by atoms with Crippen LogP contribution in [-0.2, 0) is 22.3 Å². The minimum absolute atomic E-state index is 0. The van der Waals surface area contributed by atoms with Crippen molar-refractivity contribution in [1.29, 1.82) is 0 Å². The van der Waals surface area contributed by atoms with E-state index in [4.69, 9.17) is 5.11 Å². The lowest BCUT2D eigenvalue weighted by Gasteiger charge is -2.33. The van der Waals surface area contributed by atoms with E-state index in [0.717, 1.165) is 30.5 Å². The summed E-state index contributed by atoms with van der Waals surface area (Å²) in [6, 6.07) is 29.5. The number of halogens is 2. The van der Waals surface area contributed by atoms with Gasteiger partial charge in [0.05, 0.1) is 18.0 Å². The van der Waals surface area contributed by atoms with Crippen LogP contribution in [0.2, 0.25) is 0 Å². The van der Waals surface area contributed by atoms with Crippen LogP contribution in [-0.4, -0.2) is 52.2 Å². The van der Waals surface area contributed by atoms with Crippen molar-refractivity contribution in [2.24, 2.45) is 11.3 Å². The highest BCUT2D eigenvalue weighted by Crippen LogP contribution is 2.40. The van der Waals surface area contributed by atoms with Gasteiger partial charge in [0.25, 0.3) is 5.91 Å². The highest BCUT2D eigenvalue weighted by molar-refractivity contribution is 7.86. The van der Waals surface area contributed by atoms with Crippen LogP contribution in [0.25, 0.3) is 5.57 Å². The van der Waals surface area contributed by atoms with Crippen molar-refractivity contribution in [3.8, 4) is 0 Å². The second-order valence-corrected chi connectivity index (χ2v) is 15.6.